The largest absolute Gasteiger partial charge is 0.350 e. The van der Waals surface area contributed by atoms with Gasteiger partial charge >= 0.3 is 0 Å². The molecule has 0 bridgehead atoms. The van der Waals surface area contributed by atoms with Gasteiger partial charge in [-0.3, -0.25) is 4.79 Å². The zero-order chi connectivity index (χ0) is 16.6. The highest BCUT2D eigenvalue weighted by Gasteiger charge is 2.21. The first-order chi connectivity index (χ1) is 11.0. The molecule has 3 aromatic rings. The fourth-order valence-electron chi connectivity index (χ4n) is 2.89. The molecule has 0 fully saturated rings. The number of hydrogen-bond acceptors (Lipinski definition) is 1. The third-order valence-corrected chi connectivity index (χ3v) is 4.11. The maximum Gasteiger partial charge on any atom is 0.274 e. The van der Waals surface area contributed by atoms with E-state index in [1.807, 2.05) is 45.0 Å². The van der Waals surface area contributed by atoms with Gasteiger partial charge in [-0.1, -0.05) is 12.1 Å². The highest BCUT2D eigenvalue weighted by Crippen LogP contribution is 2.25. The third kappa shape index (κ3) is 2.72. The van der Waals surface area contributed by atoms with Crippen LogP contribution < -0.4 is 4.90 Å². The van der Waals surface area contributed by atoms with E-state index in [0.717, 1.165) is 27.7 Å². The molecule has 0 spiro atoms. The van der Waals surface area contributed by atoms with Crippen LogP contribution in [0.25, 0.3) is 10.9 Å². The van der Waals surface area contributed by atoms with Crippen LogP contribution in [0.1, 0.15) is 28.5 Å². The van der Waals surface area contributed by atoms with Crippen molar-refractivity contribution >= 4 is 22.5 Å². The number of benzene rings is 2. The number of H-pyrrole nitrogens is 1. The van der Waals surface area contributed by atoms with Crippen molar-refractivity contribution in [2.45, 2.75) is 20.8 Å². The molecule has 1 N–H and O–H groups in total. The minimum absolute atomic E-state index is 0.104. The molecule has 118 valence electrons. The molecule has 1 amide bonds. The first-order valence-electron chi connectivity index (χ1n) is 7.67. The van der Waals surface area contributed by atoms with E-state index in [0.29, 0.717) is 12.2 Å². The molecule has 0 saturated carbocycles. The fourth-order valence-corrected chi connectivity index (χ4v) is 2.89. The van der Waals surface area contributed by atoms with Crippen LogP contribution in [0, 0.1) is 19.7 Å². The molecule has 0 aliphatic heterocycles. The number of rotatable bonds is 3. The van der Waals surface area contributed by atoms with Gasteiger partial charge in [0.05, 0.1) is 0 Å². The van der Waals surface area contributed by atoms with Gasteiger partial charge in [0.2, 0.25) is 0 Å². The summed E-state index contributed by atoms with van der Waals surface area (Å²) in [6.45, 7) is 6.34. The van der Waals surface area contributed by atoms with Crippen molar-refractivity contribution in [2.24, 2.45) is 0 Å². The fraction of sp³-hybridized carbons (Fsp3) is 0.211. The predicted octanol–water partition coefficient (Wildman–Crippen LogP) is 4.59. The lowest BCUT2D eigenvalue weighted by atomic mass is 10.1. The lowest BCUT2D eigenvalue weighted by Gasteiger charge is -2.21. The number of aromatic amines is 1. The summed E-state index contributed by atoms with van der Waals surface area (Å²) >= 11 is 0. The number of carbonyl (C=O) groups excluding carboxylic acids is 1. The second kappa shape index (κ2) is 5.88. The Kier molecular flexibility index (Phi) is 3.90. The Morgan fingerprint density at radius 1 is 1.17 bits per heavy atom. The summed E-state index contributed by atoms with van der Waals surface area (Å²) in [7, 11) is 0. The molecule has 0 unspecified atom stereocenters. The van der Waals surface area contributed by atoms with E-state index < -0.39 is 0 Å². The molecule has 3 nitrogen and oxygen atoms in total. The van der Waals surface area contributed by atoms with Crippen LogP contribution in [0.2, 0.25) is 0 Å². The number of anilines is 1. The van der Waals surface area contributed by atoms with Crippen LogP contribution in [0.5, 0.6) is 0 Å². The Hall–Kier alpha value is -2.62. The molecular weight excluding hydrogens is 291 g/mol. The molecule has 1 aromatic heterocycles. The van der Waals surface area contributed by atoms with E-state index in [4.69, 9.17) is 0 Å². The number of hydrogen-bond donors (Lipinski definition) is 1. The van der Waals surface area contributed by atoms with Crippen molar-refractivity contribution in [3.63, 3.8) is 0 Å². The molecule has 0 atom stereocenters. The maximum absolute atomic E-state index is 13.5. The zero-order valence-corrected chi connectivity index (χ0v) is 13.5. The highest BCUT2D eigenvalue weighted by molar-refractivity contribution is 6.09. The third-order valence-electron chi connectivity index (χ3n) is 4.11. The van der Waals surface area contributed by atoms with Gasteiger partial charge in [0.15, 0.2) is 0 Å². The molecule has 3 rings (SSSR count). The number of nitrogens with zero attached hydrogens (tertiary/aromatic N) is 1. The number of fused-ring (bicyclic) bond motifs is 1. The molecule has 0 saturated heterocycles. The Bertz CT molecular complexity index is 882. The van der Waals surface area contributed by atoms with E-state index in [1.54, 1.807) is 11.0 Å². The van der Waals surface area contributed by atoms with E-state index >= 15 is 0 Å². The van der Waals surface area contributed by atoms with Gasteiger partial charge in [-0.15, -0.1) is 0 Å². The second-order valence-corrected chi connectivity index (χ2v) is 5.70. The van der Waals surface area contributed by atoms with Crippen LogP contribution in [0.4, 0.5) is 10.1 Å². The number of amides is 1. The Balaban J connectivity index is 2.06. The van der Waals surface area contributed by atoms with E-state index in [-0.39, 0.29) is 11.7 Å². The standard InChI is InChI=1S/C19H19FN2O/c1-4-22(15-7-5-6-12(2)10-15)19(23)18-13(3)16-11-14(20)8-9-17(16)21-18/h5-11,21H,4H2,1-3H3. The highest BCUT2D eigenvalue weighted by atomic mass is 19.1. The molecule has 0 radical (unpaired) electrons. The average molecular weight is 310 g/mol. The van der Waals surface area contributed by atoms with Crippen LogP contribution in [-0.4, -0.2) is 17.4 Å². The molecule has 0 aliphatic carbocycles. The van der Waals surface area contributed by atoms with Gasteiger partial charge in [0.25, 0.3) is 5.91 Å². The van der Waals surface area contributed by atoms with E-state index in [1.165, 1.54) is 12.1 Å². The van der Waals surface area contributed by atoms with Crippen molar-refractivity contribution in [1.82, 2.24) is 4.98 Å². The number of aryl methyl sites for hydroxylation is 2. The lowest BCUT2D eigenvalue weighted by molar-refractivity contribution is 0.0984. The number of halogens is 1. The van der Waals surface area contributed by atoms with Crippen LogP contribution in [-0.2, 0) is 0 Å². The van der Waals surface area contributed by atoms with Crippen molar-refractivity contribution in [2.75, 3.05) is 11.4 Å². The molecule has 23 heavy (non-hydrogen) atoms. The Morgan fingerprint density at radius 3 is 2.65 bits per heavy atom. The van der Waals surface area contributed by atoms with Crippen molar-refractivity contribution in [3.8, 4) is 0 Å². The van der Waals surface area contributed by atoms with Crippen LogP contribution in [0.15, 0.2) is 42.5 Å². The van der Waals surface area contributed by atoms with Crippen molar-refractivity contribution in [1.29, 1.82) is 0 Å². The monoisotopic (exact) mass is 310 g/mol. The molecule has 4 heteroatoms. The van der Waals surface area contributed by atoms with Gasteiger partial charge in [-0.25, -0.2) is 4.39 Å². The SMILES string of the molecule is CCN(C(=O)c1[nH]c2ccc(F)cc2c1C)c1cccc(C)c1. The minimum Gasteiger partial charge on any atom is -0.350 e. The van der Waals surface area contributed by atoms with E-state index in [9.17, 15) is 9.18 Å². The summed E-state index contributed by atoms with van der Waals surface area (Å²) in [6.07, 6.45) is 0. The quantitative estimate of drug-likeness (QED) is 0.754. The van der Waals surface area contributed by atoms with Crippen molar-refractivity contribution < 1.29 is 9.18 Å². The average Bonchev–Trinajstić information content (AvgIpc) is 2.85. The van der Waals surface area contributed by atoms with Gasteiger partial charge in [0.1, 0.15) is 11.5 Å². The summed E-state index contributed by atoms with van der Waals surface area (Å²) in [4.78, 5) is 17.8. The summed E-state index contributed by atoms with van der Waals surface area (Å²) < 4.78 is 13.5. The van der Waals surface area contributed by atoms with Crippen molar-refractivity contribution in [3.05, 3.63) is 65.1 Å². The van der Waals surface area contributed by atoms with Gasteiger partial charge in [0, 0.05) is 23.1 Å². The Labute approximate surface area is 134 Å². The molecule has 2 aromatic carbocycles. The Morgan fingerprint density at radius 2 is 1.96 bits per heavy atom. The minimum atomic E-state index is -0.301. The molecule has 1 heterocycles. The number of aromatic nitrogens is 1. The summed E-state index contributed by atoms with van der Waals surface area (Å²) in [5.41, 5.74) is 4.02. The topological polar surface area (TPSA) is 36.1 Å². The smallest absolute Gasteiger partial charge is 0.274 e. The van der Waals surface area contributed by atoms with Gasteiger partial charge in [-0.2, -0.15) is 0 Å². The second-order valence-electron chi connectivity index (χ2n) is 5.70. The predicted molar refractivity (Wildman–Crippen MR) is 91.5 cm³/mol. The van der Waals surface area contributed by atoms with Gasteiger partial charge < -0.3 is 9.88 Å². The maximum atomic E-state index is 13.5. The summed E-state index contributed by atoms with van der Waals surface area (Å²) in [5, 5.41) is 0.744. The van der Waals surface area contributed by atoms with Gasteiger partial charge in [-0.05, 0) is 62.2 Å². The lowest BCUT2D eigenvalue weighted by Crippen LogP contribution is -2.31. The van der Waals surface area contributed by atoms with E-state index in [2.05, 4.69) is 4.98 Å². The normalized spacial score (nSPS) is 11.0. The first-order valence-corrected chi connectivity index (χ1v) is 7.67. The number of nitrogens with one attached hydrogen (secondary N) is 1. The first kappa shape index (κ1) is 15.3. The summed E-state index contributed by atoms with van der Waals surface area (Å²) in [6, 6.07) is 12.4. The van der Waals surface area contributed by atoms with Crippen LogP contribution >= 0.6 is 0 Å². The molecular formula is C19H19FN2O. The molecule has 0 aliphatic rings. The number of carbonyl (C=O) groups is 1. The summed E-state index contributed by atoms with van der Waals surface area (Å²) in [5.74, 6) is -0.406. The zero-order valence-electron chi connectivity index (χ0n) is 13.5. The van der Waals surface area contributed by atoms with Crippen LogP contribution in [0.3, 0.4) is 0 Å².